The van der Waals surface area contributed by atoms with Crippen LogP contribution in [0.25, 0.3) is 44.3 Å². The Morgan fingerprint density at radius 3 is 2.55 bits per heavy atom. The zero-order chi connectivity index (χ0) is 24.0. The van der Waals surface area contributed by atoms with Crippen molar-refractivity contribution in [1.82, 2.24) is 0 Å². The Morgan fingerprint density at radius 2 is 1.76 bits per heavy atom. The molecule has 0 N–H and O–H groups in total. The smallest absolute Gasteiger partial charge is 0.216 e. The van der Waals surface area contributed by atoms with Crippen molar-refractivity contribution in [2.75, 3.05) is 0 Å². The summed E-state index contributed by atoms with van der Waals surface area (Å²) in [4.78, 5) is 0. The minimum Gasteiger partial charge on any atom is -0.455 e. The summed E-state index contributed by atoms with van der Waals surface area (Å²) in [6, 6.07) is 21.7. The van der Waals surface area contributed by atoms with Crippen molar-refractivity contribution in [2.24, 2.45) is 7.05 Å². The van der Waals surface area contributed by atoms with Gasteiger partial charge in [-0.2, -0.15) is 0 Å². The molecular formula is C31H30NO+. The third-order valence-corrected chi connectivity index (χ3v) is 7.51. The average molecular weight is 434 g/mol. The molecule has 0 radical (unpaired) electrons. The van der Waals surface area contributed by atoms with Gasteiger partial charge < -0.3 is 4.42 Å². The number of benzene rings is 3. The standard InChI is InChI=1S/C31H30NO/c1-18(2)20-15-16-32(6)25(17-20)27-19(3)11-12-23-28-26(33-30(23)27)14-13-22-21-9-7-8-10-24(21)31(4,5)29(22)28/h7-18H,1-6H3/q+1/i18D. The summed E-state index contributed by atoms with van der Waals surface area (Å²) in [7, 11) is 2.06. The first-order valence-corrected chi connectivity index (χ1v) is 11.7. The Morgan fingerprint density at radius 1 is 0.970 bits per heavy atom. The summed E-state index contributed by atoms with van der Waals surface area (Å²) in [5.74, 6) is -0.671. The number of aryl methyl sites for hydroxylation is 2. The van der Waals surface area contributed by atoms with Gasteiger partial charge in [-0.15, -0.1) is 0 Å². The van der Waals surface area contributed by atoms with Gasteiger partial charge in [0.15, 0.2) is 6.20 Å². The molecule has 0 fully saturated rings. The Hall–Kier alpha value is -3.39. The minimum absolute atomic E-state index is 0.104. The molecule has 0 bridgehead atoms. The van der Waals surface area contributed by atoms with Gasteiger partial charge >= 0.3 is 0 Å². The fourth-order valence-corrected chi connectivity index (χ4v) is 5.75. The zero-order valence-corrected chi connectivity index (χ0v) is 20.2. The number of fused-ring (bicyclic) bond motifs is 7. The van der Waals surface area contributed by atoms with E-state index >= 15 is 0 Å². The maximum atomic E-state index is 8.57. The number of pyridine rings is 1. The molecule has 164 valence electrons. The molecule has 1 aliphatic carbocycles. The lowest BCUT2D eigenvalue weighted by atomic mass is 9.80. The molecule has 0 unspecified atom stereocenters. The van der Waals surface area contributed by atoms with E-state index in [-0.39, 0.29) is 5.41 Å². The fourth-order valence-electron chi connectivity index (χ4n) is 5.75. The molecule has 0 saturated carbocycles. The molecule has 2 heteroatoms. The summed E-state index contributed by atoms with van der Waals surface area (Å²) in [5, 5.41) is 2.37. The second kappa shape index (κ2) is 6.81. The fraction of sp³-hybridized carbons (Fsp3) is 0.258. The lowest BCUT2D eigenvalue weighted by molar-refractivity contribution is -0.660. The predicted molar refractivity (Wildman–Crippen MR) is 137 cm³/mol. The number of rotatable bonds is 2. The van der Waals surface area contributed by atoms with Crippen molar-refractivity contribution in [3.05, 3.63) is 89.1 Å². The van der Waals surface area contributed by atoms with Crippen molar-refractivity contribution in [2.45, 2.75) is 45.9 Å². The van der Waals surface area contributed by atoms with Crippen LogP contribution in [0, 0.1) is 6.92 Å². The monoisotopic (exact) mass is 433 g/mol. The highest BCUT2D eigenvalue weighted by Gasteiger charge is 2.38. The van der Waals surface area contributed by atoms with E-state index in [9.17, 15) is 0 Å². The topological polar surface area (TPSA) is 17.0 Å². The number of hydrogen-bond donors (Lipinski definition) is 0. The summed E-state index contributed by atoms with van der Waals surface area (Å²) in [5.41, 5.74) is 11.4. The second-order valence-electron chi connectivity index (χ2n) is 10.2. The van der Waals surface area contributed by atoms with Crippen LogP contribution in [0.15, 0.2) is 71.3 Å². The third kappa shape index (κ3) is 2.70. The van der Waals surface area contributed by atoms with Gasteiger partial charge in [0.2, 0.25) is 5.69 Å². The van der Waals surface area contributed by atoms with Crippen molar-refractivity contribution >= 4 is 21.9 Å². The van der Waals surface area contributed by atoms with Gasteiger partial charge in [0.05, 0.1) is 5.56 Å². The first kappa shape index (κ1) is 19.1. The van der Waals surface area contributed by atoms with E-state index in [1.807, 2.05) is 19.9 Å². The second-order valence-corrected chi connectivity index (χ2v) is 10.2. The van der Waals surface area contributed by atoms with E-state index in [0.29, 0.717) is 0 Å². The van der Waals surface area contributed by atoms with Gasteiger partial charge in [0.25, 0.3) is 0 Å². The first-order valence-electron chi connectivity index (χ1n) is 12.2. The number of aromatic nitrogens is 1. The Kier molecular flexibility index (Phi) is 3.94. The van der Waals surface area contributed by atoms with E-state index in [1.165, 1.54) is 33.2 Å². The maximum absolute atomic E-state index is 8.57. The average Bonchev–Trinajstić information content (AvgIpc) is 3.26. The quantitative estimate of drug-likeness (QED) is 0.259. The van der Waals surface area contributed by atoms with Crippen LogP contribution < -0.4 is 4.57 Å². The molecule has 2 nitrogen and oxygen atoms in total. The van der Waals surface area contributed by atoms with Gasteiger partial charge in [-0.05, 0) is 52.3 Å². The van der Waals surface area contributed by atoms with Gasteiger partial charge in [0, 0.05) is 29.7 Å². The van der Waals surface area contributed by atoms with E-state index in [1.54, 1.807) is 0 Å². The van der Waals surface area contributed by atoms with E-state index in [2.05, 4.69) is 93.2 Å². The molecule has 3 aromatic carbocycles. The van der Waals surface area contributed by atoms with Crippen LogP contribution in [0.1, 0.15) is 57.2 Å². The number of hydrogen-bond acceptors (Lipinski definition) is 1. The first-order chi connectivity index (χ1) is 16.1. The maximum Gasteiger partial charge on any atom is 0.216 e. The molecule has 6 rings (SSSR count). The van der Waals surface area contributed by atoms with Crippen molar-refractivity contribution in [1.29, 1.82) is 0 Å². The largest absolute Gasteiger partial charge is 0.455 e. The van der Waals surface area contributed by atoms with E-state index in [0.717, 1.165) is 33.4 Å². The predicted octanol–water partition coefficient (Wildman–Crippen LogP) is 7.82. The molecule has 0 amide bonds. The molecule has 0 saturated heterocycles. The summed E-state index contributed by atoms with van der Waals surface area (Å²) >= 11 is 0. The molecular weight excluding hydrogens is 402 g/mol. The normalized spacial score (nSPS) is 15.0. The summed E-state index contributed by atoms with van der Waals surface area (Å²) < 4.78 is 17.4. The van der Waals surface area contributed by atoms with Crippen molar-refractivity contribution in [3.8, 4) is 22.4 Å². The van der Waals surface area contributed by atoms with Gasteiger partial charge in [0.1, 0.15) is 18.2 Å². The van der Waals surface area contributed by atoms with Crippen LogP contribution in [-0.2, 0) is 12.5 Å². The molecule has 0 aliphatic heterocycles. The Labute approximate surface area is 196 Å². The van der Waals surface area contributed by atoms with Gasteiger partial charge in [-0.3, -0.25) is 0 Å². The van der Waals surface area contributed by atoms with Crippen LogP contribution >= 0.6 is 0 Å². The van der Waals surface area contributed by atoms with Gasteiger partial charge in [-0.1, -0.05) is 70.2 Å². The van der Waals surface area contributed by atoms with Crippen LogP contribution in [0.2, 0.25) is 0 Å². The Balaban J connectivity index is 1.71. The molecule has 2 heterocycles. The lowest BCUT2D eigenvalue weighted by Crippen LogP contribution is -2.31. The molecule has 33 heavy (non-hydrogen) atoms. The van der Waals surface area contributed by atoms with E-state index < -0.39 is 5.89 Å². The van der Waals surface area contributed by atoms with Crippen molar-refractivity contribution in [3.63, 3.8) is 0 Å². The summed E-state index contributed by atoms with van der Waals surface area (Å²) in [6.45, 7) is 10.7. The highest BCUT2D eigenvalue weighted by Crippen LogP contribution is 2.53. The Bertz CT molecular complexity index is 1630. The highest BCUT2D eigenvalue weighted by atomic mass is 16.3. The third-order valence-electron chi connectivity index (χ3n) is 7.51. The van der Waals surface area contributed by atoms with E-state index in [4.69, 9.17) is 5.79 Å². The molecule has 5 aromatic rings. The summed E-state index contributed by atoms with van der Waals surface area (Å²) in [6.07, 6.45) is 2.05. The molecule has 0 atom stereocenters. The van der Waals surface area contributed by atoms with Crippen LogP contribution in [0.3, 0.4) is 0 Å². The van der Waals surface area contributed by atoms with Gasteiger partial charge in [-0.25, -0.2) is 4.57 Å². The van der Waals surface area contributed by atoms with Crippen LogP contribution in [0.5, 0.6) is 0 Å². The number of furan rings is 1. The zero-order valence-electron chi connectivity index (χ0n) is 21.2. The molecule has 2 aromatic heterocycles. The van der Waals surface area contributed by atoms with Crippen molar-refractivity contribution < 1.29 is 10.4 Å². The molecule has 1 aliphatic rings. The SMILES string of the molecule is [2H]C(C)(C)c1cc[n+](C)c(-c2c(C)ccc3c2oc2ccc4c(c23)C(C)(C)c2ccccc2-4)c1. The molecule has 0 spiro atoms. The minimum atomic E-state index is -0.671. The van der Waals surface area contributed by atoms with Crippen LogP contribution in [-0.4, -0.2) is 0 Å². The lowest BCUT2D eigenvalue weighted by Gasteiger charge is -2.22. The number of nitrogens with zero attached hydrogens (tertiary/aromatic N) is 1. The van der Waals surface area contributed by atoms with Crippen LogP contribution in [0.4, 0.5) is 0 Å². The highest BCUT2D eigenvalue weighted by molar-refractivity contribution is 6.14.